The maximum Gasteiger partial charge on any atom is 0.338 e. The normalized spacial score (nSPS) is 15.5. The third-order valence-electron chi connectivity index (χ3n) is 5.77. The molecule has 0 N–H and O–H groups in total. The van der Waals surface area contributed by atoms with Gasteiger partial charge in [0.1, 0.15) is 18.4 Å². The summed E-state index contributed by atoms with van der Waals surface area (Å²) in [6.45, 7) is 4.67. The number of carbonyl (C=O) groups is 1. The number of methoxy groups -OCH3 is 1. The molecular formula is C29H30N2O5S. The topological polar surface area (TPSA) is 79.1 Å². The molecule has 0 unspecified atom stereocenters. The Bertz CT molecular complexity index is 1480. The maximum absolute atomic E-state index is 13.7. The minimum atomic E-state index is -0.736. The summed E-state index contributed by atoms with van der Waals surface area (Å²) < 4.78 is 18.6. The average molecular weight is 519 g/mol. The molecule has 1 aliphatic heterocycles. The number of thiazole rings is 1. The quantitative estimate of drug-likeness (QED) is 0.301. The summed E-state index contributed by atoms with van der Waals surface area (Å²) in [4.78, 5) is 32.1. The highest BCUT2D eigenvalue weighted by Crippen LogP contribution is 2.35. The van der Waals surface area contributed by atoms with Gasteiger partial charge < -0.3 is 14.2 Å². The molecule has 7 nitrogen and oxygen atoms in total. The number of carbonyl (C=O) groups excluding carboxylic acids is 1. The molecule has 0 spiro atoms. The fourth-order valence-electron chi connectivity index (χ4n) is 4.05. The van der Waals surface area contributed by atoms with Gasteiger partial charge >= 0.3 is 5.97 Å². The highest BCUT2D eigenvalue weighted by molar-refractivity contribution is 7.07. The lowest BCUT2D eigenvalue weighted by Gasteiger charge is -2.26. The molecule has 37 heavy (non-hydrogen) atoms. The van der Waals surface area contributed by atoms with Gasteiger partial charge in [-0.05, 0) is 31.1 Å². The molecule has 3 aromatic rings. The first kappa shape index (κ1) is 26.3. The van der Waals surface area contributed by atoms with Gasteiger partial charge in [0.15, 0.2) is 4.80 Å². The van der Waals surface area contributed by atoms with Crippen LogP contribution in [-0.2, 0) is 14.3 Å². The molecule has 0 fully saturated rings. The predicted molar refractivity (Wildman–Crippen MR) is 145 cm³/mol. The van der Waals surface area contributed by atoms with Crippen molar-refractivity contribution in [3.8, 4) is 5.75 Å². The van der Waals surface area contributed by atoms with Crippen LogP contribution in [0.3, 0.4) is 0 Å². The van der Waals surface area contributed by atoms with E-state index in [-0.39, 0.29) is 18.8 Å². The number of nitrogens with zero attached hydrogens (tertiary/aromatic N) is 2. The van der Waals surface area contributed by atoms with Crippen molar-refractivity contribution in [2.24, 2.45) is 4.99 Å². The first-order valence-corrected chi connectivity index (χ1v) is 13.0. The monoisotopic (exact) mass is 518 g/mol. The molecule has 2 aromatic carbocycles. The molecule has 0 saturated heterocycles. The van der Waals surface area contributed by atoms with Crippen LogP contribution < -0.4 is 19.6 Å². The van der Waals surface area contributed by atoms with Gasteiger partial charge in [-0.15, -0.1) is 0 Å². The molecule has 4 rings (SSSR count). The van der Waals surface area contributed by atoms with Crippen LogP contribution in [0.25, 0.3) is 12.2 Å². The van der Waals surface area contributed by atoms with Crippen LogP contribution >= 0.6 is 11.3 Å². The van der Waals surface area contributed by atoms with Crippen molar-refractivity contribution in [1.29, 1.82) is 0 Å². The summed E-state index contributed by atoms with van der Waals surface area (Å²) >= 11 is 1.29. The van der Waals surface area contributed by atoms with Gasteiger partial charge in [0.05, 0.1) is 29.0 Å². The van der Waals surface area contributed by atoms with Crippen molar-refractivity contribution in [3.05, 3.63) is 103 Å². The number of para-hydroxylation sites is 1. The first-order valence-electron chi connectivity index (χ1n) is 12.2. The highest BCUT2D eigenvalue weighted by Gasteiger charge is 2.35. The molecular weight excluding hydrogens is 488 g/mol. The predicted octanol–water partition coefficient (Wildman–Crippen LogP) is 3.88. The zero-order valence-corrected chi connectivity index (χ0v) is 22.0. The number of hydrogen-bond acceptors (Lipinski definition) is 7. The minimum absolute atomic E-state index is 0.0987. The van der Waals surface area contributed by atoms with Crippen LogP contribution in [0.1, 0.15) is 37.4 Å². The van der Waals surface area contributed by atoms with Gasteiger partial charge in [0.2, 0.25) is 0 Å². The summed E-state index contributed by atoms with van der Waals surface area (Å²) in [5.74, 6) is 0.0802. The van der Waals surface area contributed by atoms with Gasteiger partial charge in [-0.1, -0.05) is 78.9 Å². The van der Waals surface area contributed by atoms with E-state index >= 15 is 0 Å². The third-order valence-corrected chi connectivity index (χ3v) is 6.77. The summed E-state index contributed by atoms with van der Waals surface area (Å²) in [6.07, 6.45) is 6.39. The van der Waals surface area contributed by atoms with Crippen LogP contribution in [0.15, 0.2) is 81.7 Å². The lowest BCUT2D eigenvalue weighted by atomic mass is 9.95. The number of allylic oxidation sites excluding steroid dienone is 2. The number of rotatable bonds is 10. The number of esters is 1. The lowest BCUT2D eigenvalue weighted by molar-refractivity contribution is -0.140. The number of benzene rings is 2. The zero-order valence-electron chi connectivity index (χ0n) is 21.2. The van der Waals surface area contributed by atoms with Crippen molar-refractivity contribution in [2.75, 3.05) is 26.9 Å². The lowest BCUT2D eigenvalue weighted by Crippen LogP contribution is -2.40. The Morgan fingerprint density at radius 1 is 1.08 bits per heavy atom. The van der Waals surface area contributed by atoms with E-state index in [9.17, 15) is 9.59 Å². The zero-order chi connectivity index (χ0) is 26.2. The van der Waals surface area contributed by atoms with Crippen LogP contribution in [0.2, 0.25) is 0 Å². The molecule has 0 aliphatic carbocycles. The molecule has 2 heterocycles. The third kappa shape index (κ3) is 5.98. The van der Waals surface area contributed by atoms with E-state index in [0.29, 0.717) is 38.5 Å². The summed E-state index contributed by atoms with van der Waals surface area (Å²) in [6, 6.07) is 16.6. The molecule has 1 atom stereocenters. The standard InChI is InChI=1S/C29H30N2O5S/c1-4-17-35-23-15-9-8-14-22(23)26-25(28(33)36-19-18-34-3)20(2)30-29-31(26)27(32)24(37-29)16-10-13-21-11-6-5-7-12-21/h5-16,26H,4,17-19H2,1-3H3/b13-10+,24-16+/t26-/m0/s1. The Morgan fingerprint density at radius 3 is 2.59 bits per heavy atom. The second-order valence-corrected chi connectivity index (χ2v) is 9.40. The Labute approximate surface area is 219 Å². The van der Waals surface area contributed by atoms with Crippen LogP contribution in [0.4, 0.5) is 0 Å². The van der Waals surface area contributed by atoms with Crippen molar-refractivity contribution in [2.45, 2.75) is 26.3 Å². The van der Waals surface area contributed by atoms with Crippen LogP contribution in [-0.4, -0.2) is 37.5 Å². The fourth-order valence-corrected chi connectivity index (χ4v) is 5.05. The van der Waals surface area contributed by atoms with Gasteiger partial charge in [-0.3, -0.25) is 9.36 Å². The fraction of sp³-hybridized carbons (Fsp3) is 0.276. The van der Waals surface area contributed by atoms with E-state index in [1.54, 1.807) is 24.7 Å². The Kier molecular flexibility index (Phi) is 8.87. The van der Waals surface area contributed by atoms with E-state index in [2.05, 4.69) is 4.99 Å². The van der Waals surface area contributed by atoms with Crippen LogP contribution in [0.5, 0.6) is 5.75 Å². The van der Waals surface area contributed by atoms with Crippen molar-refractivity contribution >= 4 is 29.5 Å². The number of ether oxygens (including phenoxy) is 3. The number of hydrogen-bond donors (Lipinski definition) is 0. The van der Waals surface area contributed by atoms with E-state index < -0.39 is 12.0 Å². The van der Waals surface area contributed by atoms with Gasteiger partial charge in [-0.25, -0.2) is 9.79 Å². The summed E-state index contributed by atoms with van der Waals surface area (Å²) in [5, 5.41) is 0. The van der Waals surface area contributed by atoms with Gasteiger partial charge in [0.25, 0.3) is 5.56 Å². The number of fused-ring (bicyclic) bond motifs is 1. The molecule has 0 bridgehead atoms. The van der Waals surface area contributed by atoms with Crippen molar-refractivity contribution in [3.63, 3.8) is 0 Å². The minimum Gasteiger partial charge on any atom is -0.493 e. The molecule has 0 amide bonds. The van der Waals surface area contributed by atoms with Gasteiger partial charge in [-0.2, -0.15) is 0 Å². The van der Waals surface area contributed by atoms with Crippen molar-refractivity contribution in [1.82, 2.24) is 4.57 Å². The average Bonchev–Trinajstić information content (AvgIpc) is 3.22. The van der Waals surface area contributed by atoms with Crippen LogP contribution in [0, 0.1) is 0 Å². The number of aromatic nitrogens is 1. The molecule has 1 aromatic heterocycles. The molecule has 8 heteroatoms. The second-order valence-electron chi connectivity index (χ2n) is 8.39. The molecule has 1 aliphatic rings. The van der Waals surface area contributed by atoms with E-state index in [1.165, 1.54) is 11.3 Å². The van der Waals surface area contributed by atoms with Gasteiger partial charge in [0, 0.05) is 12.7 Å². The first-order chi connectivity index (χ1) is 18.0. The maximum atomic E-state index is 13.7. The molecule has 0 radical (unpaired) electrons. The second kappa shape index (κ2) is 12.5. The van der Waals surface area contributed by atoms with Crippen molar-refractivity contribution < 1.29 is 19.0 Å². The summed E-state index contributed by atoms with van der Waals surface area (Å²) in [7, 11) is 1.54. The molecule has 192 valence electrons. The van der Waals surface area contributed by atoms with E-state index in [0.717, 1.165) is 12.0 Å². The van der Waals surface area contributed by atoms with E-state index in [1.807, 2.05) is 73.7 Å². The summed E-state index contributed by atoms with van der Waals surface area (Å²) in [5.41, 5.74) is 2.32. The Balaban J connectivity index is 1.84. The largest absolute Gasteiger partial charge is 0.493 e. The smallest absolute Gasteiger partial charge is 0.338 e. The SMILES string of the molecule is CCCOc1ccccc1[C@H]1C(C(=O)OCCOC)=C(C)N=c2s/c(=C/C=C/c3ccccc3)c(=O)n21. The Morgan fingerprint density at radius 2 is 1.84 bits per heavy atom. The molecule has 0 saturated carbocycles. The highest BCUT2D eigenvalue weighted by atomic mass is 32.1. The van der Waals surface area contributed by atoms with E-state index in [4.69, 9.17) is 14.2 Å². The Hall–Kier alpha value is -3.75.